The monoisotopic (exact) mass is 358 g/mol. The van der Waals surface area contributed by atoms with Crippen LogP contribution in [0.5, 0.6) is 11.6 Å². The molecular weight excluding hydrogens is 348 g/mol. The lowest BCUT2D eigenvalue weighted by molar-refractivity contribution is 0.464. The van der Waals surface area contributed by atoms with Crippen molar-refractivity contribution >= 4 is 27.4 Å². The molecule has 0 amide bonds. The van der Waals surface area contributed by atoms with Gasteiger partial charge in [0, 0.05) is 4.47 Å². The first-order valence-electron chi connectivity index (χ1n) is 6.18. The molecule has 2 rings (SSSR count). The summed E-state index contributed by atoms with van der Waals surface area (Å²) in [5, 5.41) is 17.7. The second-order valence-electron chi connectivity index (χ2n) is 4.14. The Balaban J connectivity index is 2.30. The van der Waals surface area contributed by atoms with E-state index in [0.29, 0.717) is 11.6 Å². The van der Waals surface area contributed by atoms with Crippen molar-refractivity contribution in [3.63, 3.8) is 0 Å². The number of benzene rings is 1. The SMILES string of the molecule is N#CCN(CC#N)c1ncnc(Oc2ccc(Br)cc2)c1N. The van der Waals surface area contributed by atoms with Gasteiger partial charge in [-0.25, -0.2) is 4.98 Å². The molecule has 0 aliphatic rings. The lowest BCUT2D eigenvalue weighted by Gasteiger charge is -2.19. The zero-order valence-corrected chi connectivity index (χ0v) is 13.0. The Hall–Kier alpha value is -2.84. The van der Waals surface area contributed by atoms with Gasteiger partial charge < -0.3 is 15.4 Å². The summed E-state index contributed by atoms with van der Waals surface area (Å²) in [4.78, 5) is 9.48. The van der Waals surface area contributed by atoms with Crippen molar-refractivity contribution < 1.29 is 4.74 Å². The molecule has 0 radical (unpaired) electrons. The summed E-state index contributed by atoms with van der Waals surface area (Å²) in [6.45, 7) is -0.0149. The molecule has 0 aliphatic carbocycles. The minimum Gasteiger partial charge on any atom is -0.437 e. The molecule has 0 saturated carbocycles. The van der Waals surface area contributed by atoms with Crippen molar-refractivity contribution in [1.82, 2.24) is 9.97 Å². The van der Waals surface area contributed by atoms with Crippen molar-refractivity contribution in [2.75, 3.05) is 23.7 Å². The highest BCUT2D eigenvalue weighted by molar-refractivity contribution is 9.10. The van der Waals surface area contributed by atoms with E-state index in [-0.39, 0.29) is 24.7 Å². The molecule has 22 heavy (non-hydrogen) atoms. The number of hydrogen-bond donors (Lipinski definition) is 1. The standard InChI is InChI=1S/C14H11BrN6O/c15-10-1-3-11(4-2-10)22-14-12(18)13(19-9-20-14)21(7-5-16)8-6-17/h1-4,9H,7-8,18H2. The summed E-state index contributed by atoms with van der Waals surface area (Å²) in [6.07, 6.45) is 1.28. The highest BCUT2D eigenvalue weighted by atomic mass is 79.9. The van der Waals surface area contributed by atoms with Crippen LogP contribution >= 0.6 is 15.9 Å². The minimum absolute atomic E-state index is 0.00744. The number of nitrogens with two attached hydrogens (primary N) is 1. The third-order valence-corrected chi connectivity index (χ3v) is 3.21. The second kappa shape index (κ2) is 7.25. The minimum atomic E-state index is -0.00744. The first-order valence-corrected chi connectivity index (χ1v) is 6.97. The summed E-state index contributed by atoms with van der Waals surface area (Å²) in [6, 6.07) is 11.1. The van der Waals surface area contributed by atoms with E-state index in [4.69, 9.17) is 21.0 Å². The van der Waals surface area contributed by atoms with Crippen molar-refractivity contribution in [2.45, 2.75) is 0 Å². The lowest BCUT2D eigenvalue weighted by atomic mass is 10.3. The van der Waals surface area contributed by atoms with Crippen LogP contribution in [-0.2, 0) is 0 Å². The fourth-order valence-corrected chi connectivity index (χ4v) is 1.96. The average Bonchev–Trinajstić information content (AvgIpc) is 2.51. The predicted octanol–water partition coefficient (Wildman–Crippen LogP) is 2.47. The van der Waals surface area contributed by atoms with Crippen LogP contribution < -0.4 is 15.4 Å². The maximum atomic E-state index is 8.83. The lowest BCUT2D eigenvalue weighted by Crippen LogP contribution is -2.26. The third-order valence-electron chi connectivity index (χ3n) is 2.68. The zero-order valence-electron chi connectivity index (χ0n) is 11.4. The number of halogens is 1. The van der Waals surface area contributed by atoms with Crippen LogP contribution in [0, 0.1) is 22.7 Å². The Morgan fingerprint density at radius 2 is 1.77 bits per heavy atom. The number of aromatic nitrogens is 2. The zero-order chi connectivity index (χ0) is 15.9. The summed E-state index contributed by atoms with van der Waals surface area (Å²) in [7, 11) is 0. The van der Waals surface area contributed by atoms with Gasteiger partial charge in [-0.3, -0.25) is 0 Å². The van der Waals surface area contributed by atoms with Gasteiger partial charge in [-0.2, -0.15) is 15.5 Å². The molecule has 8 heteroatoms. The number of ether oxygens (including phenoxy) is 1. The molecule has 0 spiro atoms. The number of hydrogen-bond acceptors (Lipinski definition) is 7. The Morgan fingerprint density at radius 1 is 1.14 bits per heavy atom. The first kappa shape index (κ1) is 15.5. The van der Waals surface area contributed by atoms with Crippen LogP contribution in [0.2, 0.25) is 0 Å². The molecule has 0 saturated heterocycles. The van der Waals surface area contributed by atoms with Crippen LogP contribution in [-0.4, -0.2) is 23.1 Å². The molecule has 2 N–H and O–H groups in total. The second-order valence-corrected chi connectivity index (χ2v) is 5.06. The summed E-state index contributed by atoms with van der Waals surface area (Å²) in [5.41, 5.74) is 6.18. The van der Waals surface area contributed by atoms with Crippen molar-refractivity contribution in [1.29, 1.82) is 10.5 Å². The molecule has 1 aromatic carbocycles. The van der Waals surface area contributed by atoms with E-state index < -0.39 is 0 Å². The molecule has 0 atom stereocenters. The van der Waals surface area contributed by atoms with Crippen LogP contribution in [0.1, 0.15) is 0 Å². The first-order chi connectivity index (χ1) is 10.7. The molecular formula is C14H11BrN6O. The number of rotatable bonds is 5. The maximum Gasteiger partial charge on any atom is 0.248 e. The van der Waals surface area contributed by atoms with E-state index in [1.165, 1.54) is 11.2 Å². The molecule has 2 aromatic rings. The quantitative estimate of drug-likeness (QED) is 0.816. The smallest absolute Gasteiger partial charge is 0.248 e. The van der Waals surface area contributed by atoms with Gasteiger partial charge in [0.1, 0.15) is 30.9 Å². The van der Waals surface area contributed by atoms with Crippen LogP contribution in [0.3, 0.4) is 0 Å². The van der Waals surface area contributed by atoms with Gasteiger partial charge in [0.15, 0.2) is 5.82 Å². The van der Waals surface area contributed by atoms with Gasteiger partial charge in [0.05, 0.1) is 12.1 Å². The number of nitrogens with zero attached hydrogens (tertiary/aromatic N) is 5. The van der Waals surface area contributed by atoms with Gasteiger partial charge in [0.2, 0.25) is 5.88 Å². The molecule has 0 fully saturated rings. The molecule has 0 unspecified atom stereocenters. The highest BCUT2D eigenvalue weighted by Gasteiger charge is 2.16. The Bertz CT molecular complexity index is 718. The molecule has 110 valence electrons. The van der Waals surface area contributed by atoms with E-state index in [1.54, 1.807) is 12.1 Å². The van der Waals surface area contributed by atoms with Gasteiger partial charge >= 0.3 is 0 Å². The molecule has 0 bridgehead atoms. The van der Waals surface area contributed by atoms with E-state index in [9.17, 15) is 0 Å². The Morgan fingerprint density at radius 3 is 2.36 bits per heavy atom. The number of nitriles is 2. The maximum absolute atomic E-state index is 8.83. The summed E-state index contributed by atoms with van der Waals surface area (Å²) < 4.78 is 6.54. The highest BCUT2D eigenvalue weighted by Crippen LogP contribution is 2.31. The van der Waals surface area contributed by atoms with E-state index >= 15 is 0 Å². The molecule has 1 aromatic heterocycles. The molecule has 7 nitrogen and oxygen atoms in total. The molecule has 1 heterocycles. The topological polar surface area (TPSA) is 112 Å². The fraction of sp³-hybridized carbons (Fsp3) is 0.143. The average molecular weight is 359 g/mol. The number of anilines is 2. The summed E-state index contributed by atoms with van der Waals surface area (Å²) in [5.74, 6) is 1.03. The predicted molar refractivity (Wildman–Crippen MR) is 84.1 cm³/mol. The van der Waals surface area contributed by atoms with Gasteiger partial charge in [-0.1, -0.05) is 15.9 Å². The number of nitrogen functional groups attached to an aromatic ring is 1. The largest absolute Gasteiger partial charge is 0.437 e. The fourth-order valence-electron chi connectivity index (χ4n) is 1.69. The van der Waals surface area contributed by atoms with E-state index in [0.717, 1.165) is 4.47 Å². The normalized spacial score (nSPS) is 9.59. The van der Waals surface area contributed by atoms with Crippen LogP contribution in [0.4, 0.5) is 11.5 Å². The Labute approximate surface area is 135 Å². The van der Waals surface area contributed by atoms with Gasteiger partial charge in [0.25, 0.3) is 0 Å². The van der Waals surface area contributed by atoms with Crippen LogP contribution in [0.15, 0.2) is 35.1 Å². The van der Waals surface area contributed by atoms with Gasteiger partial charge in [-0.15, -0.1) is 0 Å². The van der Waals surface area contributed by atoms with Crippen molar-refractivity contribution in [3.8, 4) is 23.8 Å². The van der Waals surface area contributed by atoms with E-state index in [2.05, 4.69) is 25.9 Å². The third kappa shape index (κ3) is 3.62. The Kier molecular flexibility index (Phi) is 5.12. The van der Waals surface area contributed by atoms with Gasteiger partial charge in [-0.05, 0) is 24.3 Å². The molecule has 0 aliphatic heterocycles. The van der Waals surface area contributed by atoms with Crippen LogP contribution in [0.25, 0.3) is 0 Å². The van der Waals surface area contributed by atoms with E-state index in [1.807, 2.05) is 24.3 Å². The van der Waals surface area contributed by atoms with Crippen molar-refractivity contribution in [2.24, 2.45) is 0 Å². The van der Waals surface area contributed by atoms with Crippen molar-refractivity contribution in [3.05, 3.63) is 35.1 Å². The summed E-state index contributed by atoms with van der Waals surface area (Å²) >= 11 is 3.34.